The van der Waals surface area contributed by atoms with Crippen LogP contribution in [0.5, 0.6) is 0 Å². The Hall–Kier alpha value is -0.900. The van der Waals surface area contributed by atoms with E-state index in [0.29, 0.717) is 19.3 Å². The molecule has 2 unspecified atom stereocenters. The van der Waals surface area contributed by atoms with Gasteiger partial charge >= 0.3 is 0 Å². The zero-order valence-electron chi connectivity index (χ0n) is 9.69. The first-order chi connectivity index (χ1) is 7.58. The van der Waals surface area contributed by atoms with E-state index >= 15 is 0 Å². The highest BCUT2D eigenvalue weighted by molar-refractivity contribution is 5.96. The molecule has 90 valence electrons. The average molecular weight is 225 g/mol. The normalized spacial score (nSPS) is 28.0. The van der Waals surface area contributed by atoms with E-state index in [1.54, 1.807) is 6.92 Å². The van der Waals surface area contributed by atoms with E-state index in [0.717, 1.165) is 19.4 Å². The van der Waals surface area contributed by atoms with Crippen LogP contribution in [0.2, 0.25) is 0 Å². The van der Waals surface area contributed by atoms with Crippen LogP contribution in [0.1, 0.15) is 39.0 Å². The lowest BCUT2D eigenvalue weighted by atomic mass is 9.82. The summed E-state index contributed by atoms with van der Waals surface area (Å²) in [5.74, 6) is 0.259. The van der Waals surface area contributed by atoms with E-state index in [4.69, 9.17) is 0 Å². The lowest BCUT2D eigenvalue weighted by Gasteiger charge is -2.32. The Bertz CT molecular complexity index is 293. The van der Waals surface area contributed by atoms with Gasteiger partial charge in [0, 0.05) is 25.4 Å². The second kappa shape index (κ2) is 4.53. The fraction of sp³-hybridized carbons (Fsp3) is 0.833. The standard InChI is InChI=1S/C12H19NO3/c1-8(14)5-10-3-2-4-13(10)12(16)9-6-11(15)7-9/h8-10,14H,2-7H2,1H3. The first kappa shape index (κ1) is 11.6. The molecular formula is C12H19NO3. The van der Waals surface area contributed by atoms with Crippen LogP contribution >= 0.6 is 0 Å². The van der Waals surface area contributed by atoms with Gasteiger partial charge < -0.3 is 10.0 Å². The van der Waals surface area contributed by atoms with Gasteiger partial charge in [-0.25, -0.2) is 0 Å². The summed E-state index contributed by atoms with van der Waals surface area (Å²) < 4.78 is 0. The Kier molecular flexibility index (Phi) is 3.28. The number of nitrogens with zero attached hydrogens (tertiary/aromatic N) is 1. The van der Waals surface area contributed by atoms with Gasteiger partial charge in [0.1, 0.15) is 5.78 Å². The van der Waals surface area contributed by atoms with Gasteiger partial charge in [-0.1, -0.05) is 0 Å². The van der Waals surface area contributed by atoms with Gasteiger partial charge in [0.2, 0.25) is 5.91 Å². The summed E-state index contributed by atoms with van der Waals surface area (Å²) in [6, 6.07) is 0.184. The third-order valence-corrected chi connectivity index (χ3v) is 3.57. The molecule has 1 saturated heterocycles. The second-order valence-corrected chi connectivity index (χ2v) is 5.06. The van der Waals surface area contributed by atoms with Crippen LogP contribution in [-0.4, -0.2) is 40.4 Å². The molecule has 0 aromatic heterocycles. The highest BCUT2D eigenvalue weighted by Gasteiger charge is 2.39. The Morgan fingerprint density at radius 2 is 2.25 bits per heavy atom. The number of hydrogen-bond acceptors (Lipinski definition) is 3. The van der Waals surface area contributed by atoms with E-state index in [-0.39, 0.29) is 29.8 Å². The van der Waals surface area contributed by atoms with Crippen LogP contribution in [0.25, 0.3) is 0 Å². The van der Waals surface area contributed by atoms with Crippen molar-refractivity contribution in [1.29, 1.82) is 0 Å². The number of Topliss-reactive ketones (excluding diaryl/α,β-unsaturated/α-hetero) is 1. The number of rotatable bonds is 3. The Balaban J connectivity index is 1.91. The van der Waals surface area contributed by atoms with Crippen LogP contribution in [0, 0.1) is 5.92 Å². The fourth-order valence-corrected chi connectivity index (χ4v) is 2.66. The van der Waals surface area contributed by atoms with Crippen LogP contribution in [0.15, 0.2) is 0 Å². The summed E-state index contributed by atoms with van der Waals surface area (Å²) in [6.07, 6.45) is 3.16. The number of hydrogen-bond donors (Lipinski definition) is 1. The van der Waals surface area contributed by atoms with Crippen molar-refractivity contribution in [3.05, 3.63) is 0 Å². The second-order valence-electron chi connectivity index (χ2n) is 5.06. The molecular weight excluding hydrogens is 206 g/mol. The Morgan fingerprint density at radius 3 is 2.81 bits per heavy atom. The van der Waals surface area contributed by atoms with Crippen molar-refractivity contribution < 1.29 is 14.7 Å². The molecule has 2 fully saturated rings. The molecule has 0 bridgehead atoms. The molecule has 16 heavy (non-hydrogen) atoms. The van der Waals surface area contributed by atoms with Crippen LogP contribution in [0.3, 0.4) is 0 Å². The predicted octanol–water partition coefficient (Wildman–Crippen LogP) is 0.727. The van der Waals surface area contributed by atoms with Crippen LogP contribution in [0.4, 0.5) is 0 Å². The van der Waals surface area contributed by atoms with Gasteiger partial charge in [-0.05, 0) is 26.2 Å². The summed E-state index contributed by atoms with van der Waals surface area (Å²) in [7, 11) is 0. The smallest absolute Gasteiger partial charge is 0.226 e. The maximum atomic E-state index is 12.1. The van der Waals surface area contributed by atoms with Crippen molar-refractivity contribution in [2.24, 2.45) is 5.92 Å². The van der Waals surface area contributed by atoms with Crippen molar-refractivity contribution >= 4 is 11.7 Å². The maximum Gasteiger partial charge on any atom is 0.226 e. The Morgan fingerprint density at radius 1 is 1.56 bits per heavy atom. The van der Waals surface area contributed by atoms with Crippen molar-refractivity contribution in [3.63, 3.8) is 0 Å². The predicted molar refractivity (Wildman–Crippen MR) is 58.8 cm³/mol. The molecule has 2 atom stereocenters. The molecule has 4 nitrogen and oxygen atoms in total. The fourth-order valence-electron chi connectivity index (χ4n) is 2.66. The van der Waals surface area contributed by atoms with E-state index in [2.05, 4.69) is 0 Å². The highest BCUT2D eigenvalue weighted by Crippen LogP contribution is 2.30. The third kappa shape index (κ3) is 2.26. The molecule has 0 spiro atoms. The zero-order chi connectivity index (χ0) is 11.7. The highest BCUT2D eigenvalue weighted by atomic mass is 16.3. The van der Waals surface area contributed by atoms with Gasteiger partial charge in [0.15, 0.2) is 0 Å². The van der Waals surface area contributed by atoms with Gasteiger partial charge in [0.25, 0.3) is 0 Å². The van der Waals surface area contributed by atoms with Crippen molar-refractivity contribution in [1.82, 2.24) is 4.90 Å². The molecule has 1 aliphatic carbocycles. The molecule has 0 aromatic carbocycles. The van der Waals surface area contributed by atoms with E-state index in [9.17, 15) is 14.7 Å². The molecule has 1 saturated carbocycles. The SMILES string of the molecule is CC(O)CC1CCCN1C(=O)C1CC(=O)C1. The van der Waals surface area contributed by atoms with E-state index < -0.39 is 0 Å². The molecule has 0 radical (unpaired) electrons. The summed E-state index contributed by atoms with van der Waals surface area (Å²) in [6.45, 7) is 2.55. The number of carbonyl (C=O) groups is 2. The minimum atomic E-state index is -0.360. The summed E-state index contributed by atoms with van der Waals surface area (Å²) in [5, 5.41) is 9.37. The molecule has 1 N–H and O–H groups in total. The van der Waals surface area contributed by atoms with Crippen molar-refractivity contribution in [3.8, 4) is 0 Å². The molecule has 4 heteroatoms. The Labute approximate surface area is 95.6 Å². The van der Waals surface area contributed by atoms with Gasteiger partial charge in [0.05, 0.1) is 12.0 Å². The van der Waals surface area contributed by atoms with Crippen molar-refractivity contribution in [2.75, 3.05) is 6.54 Å². The lowest BCUT2D eigenvalue weighted by molar-refractivity contribution is -0.145. The average Bonchev–Trinajstić information content (AvgIpc) is 2.59. The first-order valence-electron chi connectivity index (χ1n) is 6.08. The third-order valence-electron chi connectivity index (χ3n) is 3.57. The molecule has 1 aliphatic heterocycles. The number of aliphatic hydroxyl groups is 1. The first-order valence-corrected chi connectivity index (χ1v) is 6.08. The summed E-state index contributed by atoms with van der Waals surface area (Å²) in [4.78, 5) is 24.8. The molecule has 1 amide bonds. The monoisotopic (exact) mass is 225 g/mol. The minimum absolute atomic E-state index is 0.0675. The maximum absolute atomic E-state index is 12.1. The van der Waals surface area contributed by atoms with E-state index in [1.165, 1.54) is 0 Å². The number of amides is 1. The summed E-state index contributed by atoms with van der Waals surface area (Å²) >= 11 is 0. The number of aliphatic hydroxyl groups excluding tert-OH is 1. The number of likely N-dealkylation sites (tertiary alicyclic amines) is 1. The topological polar surface area (TPSA) is 57.6 Å². The van der Waals surface area contributed by atoms with Gasteiger partial charge in [-0.3, -0.25) is 9.59 Å². The lowest BCUT2D eigenvalue weighted by Crippen LogP contribution is -2.45. The molecule has 2 aliphatic rings. The van der Waals surface area contributed by atoms with Gasteiger partial charge in [-0.2, -0.15) is 0 Å². The molecule has 1 heterocycles. The van der Waals surface area contributed by atoms with Crippen molar-refractivity contribution in [2.45, 2.75) is 51.2 Å². The summed E-state index contributed by atoms with van der Waals surface area (Å²) in [5.41, 5.74) is 0. The number of ketones is 1. The largest absolute Gasteiger partial charge is 0.393 e. The quantitative estimate of drug-likeness (QED) is 0.770. The van der Waals surface area contributed by atoms with Crippen LogP contribution in [-0.2, 0) is 9.59 Å². The van der Waals surface area contributed by atoms with Crippen LogP contribution < -0.4 is 0 Å². The molecule has 0 aromatic rings. The number of carbonyl (C=O) groups excluding carboxylic acids is 2. The minimum Gasteiger partial charge on any atom is -0.393 e. The molecule has 2 rings (SSSR count). The van der Waals surface area contributed by atoms with E-state index in [1.807, 2.05) is 4.90 Å². The zero-order valence-corrected chi connectivity index (χ0v) is 9.69. The van der Waals surface area contributed by atoms with Gasteiger partial charge in [-0.15, -0.1) is 0 Å².